The summed E-state index contributed by atoms with van der Waals surface area (Å²) in [5, 5.41) is 2.25. The summed E-state index contributed by atoms with van der Waals surface area (Å²) in [4.78, 5) is 38.8. The second-order valence-corrected chi connectivity index (χ2v) is 7.29. The van der Waals surface area contributed by atoms with E-state index >= 15 is 0 Å². The first-order chi connectivity index (χ1) is 14.7. The van der Waals surface area contributed by atoms with Crippen LogP contribution in [0.3, 0.4) is 0 Å². The number of anilines is 1. The number of amides is 2. The third-order valence-electron chi connectivity index (χ3n) is 4.98. The van der Waals surface area contributed by atoms with Crippen LogP contribution in [0.4, 0.5) is 18.9 Å². The Labute approximate surface area is 177 Å². The lowest BCUT2D eigenvalue weighted by atomic mass is 9.97. The first kappa shape index (κ1) is 22.3. The second-order valence-electron chi connectivity index (χ2n) is 7.29. The van der Waals surface area contributed by atoms with Gasteiger partial charge in [0.1, 0.15) is 17.5 Å². The van der Waals surface area contributed by atoms with Crippen molar-refractivity contribution < 1.29 is 32.3 Å². The van der Waals surface area contributed by atoms with Crippen molar-refractivity contribution in [2.75, 3.05) is 18.4 Å². The second kappa shape index (κ2) is 9.63. The zero-order chi connectivity index (χ0) is 22.5. The van der Waals surface area contributed by atoms with E-state index in [1.807, 2.05) is 0 Å². The molecule has 0 bridgehead atoms. The molecule has 2 aromatic carbocycles. The minimum atomic E-state index is -1.22. The van der Waals surface area contributed by atoms with E-state index < -0.39 is 41.4 Å². The molecular weight excluding hydrogens is 413 g/mol. The largest absolute Gasteiger partial charge is 0.452 e. The molecular formula is C22H21F3N2O4. The topological polar surface area (TPSA) is 75.7 Å². The van der Waals surface area contributed by atoms with Gasteiger partial charge in [0.05, 0.1) is 11.6 Å². The van der Waals surface area contributed by atoms with Crippen molar-refractivity contribution in [2.45, 2.75) is 25.9 Å². The quantitative estimate of drug-likeness (QED) is 0.731. The van der Waals surface area contributed by atoms with Gasteiger partial charge in [-0.15, -0.1) is 0 Å². The van der Waals surface area contributed by atoms with Crippen LogP contribution in [0.25, 0.3) is 0 Å². The maximum atomic E-state index is 13.7. The Kier molecular flexibility index (Phi) is 6.94. The summed E-state index contributed by atoms with van der Waals surface area (Å²) < 4.78 is 44.9. The molecule has 2 atom stereocenters. The van der Waals surface area contributed by atoms with Gasteiger partial charge in [-0.3, -0.25) is 14.4 Å². The highest BCUT2D eigenvalue weighted by Crippen LogP contribution is 2.21. The Balaban J connectivity index is 1.57. The normalized spacial score (nSPS) is 17.0. The smallest absolute Gasteiger partial charge is 0.311 e. The molecule has 2 unspecified atom stereocenters. The van der Waals surface area contributed by atoms with Crippen molar-refractivity contribution in [3.63, 3.8) is 0 Å². The highest BCUT2D eigenvalue weighted by molar-refractivity contribution is 5.96. The Hall–Kier alpha value is -3.36. The zero-order valence-corrected chi connectivity index (χ0v) is 16.7. The predicted molar refractivity (Wildman–Crippen MR) is 106 cm³/mol. The average Bonchev–Trinajstić information content (AvgIpc) is 2.75. The third kappa shape index (κ3) is 5.62. The molecule has 0 aromatic heterocycles. The Bertz CT molecular complexity index is 981. The van der Waals surface area contributed by atoms with Crippen LogP contribution in [-0.2, 0) is 14.3 Å². The Morgan fingerprint density at radius 3 is 2.42 bits per heavy atom. The van der Waals surface area contributed by atoms with Crippen LogP contribution in [0.1, 0.15) is 30.1 Å². The summed E-state index contributed by atoms with van der Waals surface area (Å²) >= 11 is 0. The number of piperidine rings is 1. The van der Waals surface area contributed by atoms with Gasteiger partial charge in [-0.05, 0) is 56.2 Å². The molecule has 0 saturated carbocycles. The number of halogens is 3. The van der Waals surface area contributed by atoms with E-state index in [4.69, 9.17) is 4.74 Å². The number of hydrogen-bond acceptors (Lipinski definition) is 4. The number of likely N-dealkylation sites (tertiary alicyclic amines) is 1. The molecule has 2 amide bonds. The molecule has 164 valence electrons. The van der Waals surface area contributed by atoms with Gasteiger partial charge < -0.3 is 15.0 Å². The Morgan fingerprint density at radius 2 is 1.74 bits per heavy atom. The molecule has 1 aliphatic heterocycles. The van der Waals surface area contributed by atoms with Gasteiger partial charge in [0.15, 0.2) is 6.10 Å². The van der Waals surface area contributed by atoms with Crippen LogP contribution in [-0.4, -0.2) is 41.9 Å². The van der Waals surface area contributed by atoms with Crippen LogP contribution in [0.5, 0.6) is 0 Å². The Morgan fingerprint density at radius 1 is 1.06 bits per heavy atom. The summed E-state index contributed by atoms with van der Waals surface area (Å²) in [7, 11) is 0. The van der Waals surface area contributed by atoms with E-state index in [9.17, 15) is 27.6 Å². The van der Waals surface area contributed by atoms with Crippen molar-refractivity contribution in [1.82, 2.24) is 4.90 Å². The van der Waals surface area contributed by atoms with E-state index in [2.05, 4.69) is 5.32 Å². The monoisotopic (exact) mass is 434 g/mol. The maximum absolute atomic E-state index is 13.7. The molecule has 1 N–H and O–H groups in total. The summed E-state index contributed by atoms with van der Waals surface area (Å²) in [5.74, 6) is -4.57. The zero-order valence-electron chi connectivity index (χ0n) is 16.7. The van der Waals surface area contributed by atoms with Crippen LogP contribution >= 0.6 is 0 Å². The van der Waals surface area contributed by atoms with Crippen molar-refractivity contribution in [1.29, 1.82) is 0 Å². The molecule has 1 saturated heterocycles. The molecule has 1 fully saturated rings. The minimum Gasteiger partial charge on any atom is -0.452 e. The van der Waals surface area contributed by atoms with E-state index in [1.165, 1.54) is 36.1 Å². The van der Waals surface area contributed by atoms with Crippen LogP contribution in [0.15, 0.2) is 42.5 Å². The standard InChI is InChI=1S/C22H21F3N2O4/c1-13(20(28)26-19-9-8-17(24)11-18(19)25)31-22(30)15-3-2-10-27(12-15)21(29)14-4-6-16(23)7-5-14/h4-9,11,13,15H,2-3,10,12H2,1H3,(H,26,28). The van der Waals surface area contributed by atoms with Crippen molar-refractivity contribution in [3.05, 3.63) is 65.5 Å². The molecule has 9 heteroatoms. The van der Waals surface area contributed by atoms with Crippen LogP contribution < -0.4 is 5.32 Å². The highest BCUT2D eigenvalue weighted by atomic mass is 19.1. The SMILES string of the molecule is CC(OC(=O)C1CCCN(C(=O)c2ccc(F)cc2)C1)C(=O)Nc1ccc(F)cc1F. The lowest BCUT2D eigenvalue weighted by Gasteiger charge is -2.32. The van der Waals surface area contributed by atoms with Gasteiger partial charge in [-0.1, -0.05) is 0 Å². The van der Waals surface area contributed by atoms with E-state index in [1.54, 1.807) is 0 Å². The molecule has 3 rings (SSSR count). The molecule has 0 spiro atoms. The number of ether oxygens (including phenoxy) is 1. The van der Waals surface area contributed by atoms with E-state index in [0.717, 1.165) is 12.1 Å². The third-order valence-corrected chi connectivity index (χ3v) is 4.98. The van der Waals surface area contributed by atoms with Gasteiger partial charge in [0.25, 0.3) is 11.8 Å². The first-order valence-corrected chi connectivity index (χ1v) is 9.76. The number of carbonyl (C=O) groups is 3. The van der Waals surface area contributed by atoms with E-state index in [0.29, 0.717) is 31.0 Å². The average molecular weight is 434 g/mol. The molecule has 0 aliphatic carbocycles. The van der Waals surface area contributed by atoms with Gasteiger partial charge in [-0.2, -0.15) is 0 Å². The van der Waals surface area contributed by atoms with Crippen molar-refractivity contribution in [2.24, 2.45) is 5.92 Å². The fraction of sp³-hybridized carbons (Fsp3) is 0.318. The lowest BCUT2D eigenvalue weighted by molar-refractivity contribution is -0.158. The van der Waals surface area contributed by atoms with E-state index in [-0.39, 0.29) is 18.1 Å². The summed E-state index contributed by atoms with van der Waals surface area (Å²) in [6, 6.07) is 7.81. The number of nitrogens with zero attached hydrogens (tertiary/aromatic N) is 1. The molecule has 6 nitrogen and oxygen atoms in total. The molecule has 2 aromatic rings. The summed E-state index contributed by atoms with van der Waals surface area (Å²) in [5.41, 5.74) is 0.0764. The van der Waals surface area contributed by atoms with Crippen LogP contribution in [0.2, 0.25) is 0 Å². The number of nitrogens with one attached hydrogen (secondary N) is 1. The maximum Gasteiger partial charge on any atom is 0.311 e. The van der Waals surface area contributed by atoms with Gasteiger partial charge in [-0.25, -0.2) is 13.2 Å². The van der Waals surface area contributed by atoms with Crippen molar-refractivity contribution >= 4 is 23.5 Å². The van der Waals surface area contributed by atoms with Crippen molar-refractivity contribution in [3.8, 4) is 0 Å². The van der Waals surface area contributed by atoms with Crippen LogP contribution in [0, 0.1) is 23.4 Å². The summed E-state index contributed by atoms with van der Waals surface area (Å²) in [6.45, 7) is 1.88. The van der Waals surface area contributed by atoms with Gasteiger partial charge in [0.2, 0.25) is 0 Å². The fourth-order valence-corrected chi connectivity index (χ4v) is 3.28. The minimum absolute atomic E-state index is 0.107. The molecule has 1 aliphatic rings. The predicted octanol–water partition coefficient (Wildman–Crippen LogP) is 3.53. The fourth-order valence-electron chi connectivity index (χ4n) is 3.28. The van der Waals surface area contributed by atoms with Gasteiger partial charge in [0, 0.05) is 24.7 Å². The number of benzene rings is 2. The number of esters is 1. The molecule has 0 radical (unpaired) electrons. The first-order valence-electron chi connectivity index (χ1n) is 9.76. The number of hydrogen-bond donors (Lipinski definition) is 1. The number of carbonyl (C=O) groups excluding carboxylic acids is 3. The molecule has 31 heavy (non-hydrogen) atoms. The lowest BCUT2D eigenvalue weighted by Crippen LogP contribution is -2.44. The summed E-state index contributed by atoms with van der Waals surface area (Å²) in [6.07, 6.45) is -0.179. The number of rotatable bonds is 5. The van der Waals surface area contributed by atoms with Gasteiger partial charge >= 0.3 is 5.97 Å². The molecule has 1 heterocycles. The highest BCUT2D eigenvalue weighted by Gasteiger charge is 2.32.